The van der Waals surface area contributed by atoms with Crippen molar-refractivity contribution in [3.05, 3.63) is 12.2 Å². The largest absolute Gasteiger partial charge is 0.414 e. The Morgan fingerprint density at radius 1 is 1.23 bits per heavy atom. The summed E-state index contributed by atoms with van der Waals surface area (Å²) in [5, 5.41) is 0.287. The number of hydrogen-bond acceptors (Lipinski definition) is 3. The van der Waals surface area contributed by atoms with E-state index in [2.05, 4.69) is 40.4 Å². The zero-order chi connectivity index (χ0) is 16.5. The van der Waals surface area contributed by atoms with Gasteiger partial charge in [0.1, 0.15) is 6.79 Å². The van der Waals surface area contributed by atoms with Crippen molar-refractivity contribution in [1.29, 1.82) is 0 Å². The predicted octanol–water partition coefficient (Wildman–Crippen LogP) is 4.60. The second-order valence-electron chi connectivity index (χ2n) is 8.64. The molecule has 0 N–H and O–H groups in total. The van der Waals surface area contributed by atoms with E-state index in [1.165, 1.54) is 18.4 Å². The molecule has 2 fully saturated rings. The molecular formula is C18H34O3Si. The Hall–Kier alpha value is -0.163. The van der Waals surface area contributed by atoms with Crippen molar-refractivity contribution in [3.8, 4) is 0 Å². The van der Waals surface area contributed by atoms with Gasteiger partial charge in [-0.1, -0.05) is 32.9 Å². The van der Waals surface area contributed by atoms with E-state index in [-0.39, 0.29) is 5.04 Å². The molecule has 0 aromatic carbocycles. The van der Waals surface area contributed by atoms with Crippen molar-refractivity contribution >= 4 is 8.32 Å². The van der Waals surface area contributed by atoms with E-state index in [0.29, 0.717) is 24.7 Å². The summed E-state index contributed by atoms with van der Waals surface area (Å²) in [6.45, 7) is 17.1. The standard InChI is InChI=1S/C18H34O3Si/c1-13-8-14-9-15(21-22(6,7)18(2,3)4)10-16(14)17(13)11-20-12-19-5/h14-17H,1,8-12H2,2-7H3/t14-,15+,16+,17?/m1/s1. The lowest BCUT2D eigenvalue weighted by Gasteiger charge is -2.38. The molecule has 4 atom stereocenters. The minimum atomic E-state index is -1.66. The first-order valence-electron chi connectivity index (χ1n) is 8.58. The second-order valence-corrected chi connectivity index (χ2v) is 13.4. The van der Waals surface area contributed by atoms with E-state index < -0.39 is 8.32 Å². The second kappa shape index (κ2) is 6.76. The van der Waals surface area contributed by atoms with Crippen LogP contribution in [0.2, 0.25) is 18.1 Å². The minimum absolute atomic E-state index is 0.287. The fraction of sp³-hybridized carbons (Fsp3) is 0.889. The number of ether oxygens (including phenoxy) is 2. The Bertz CT molecular complexity index is 400. The third-order valence-corrected chi connectivity index (χ3v) is 10.6. The van der Waals surface area contributed by atoms with Gasteiger partial charge in [0.2, 0.25) is 0 Å². The molecule has 0 saturated heterocycles. The first-order chi connectivity index (χ1) is 10.2. The summed E-state index contributed by atoms with van der Waals surface area (Å²) < 4.78 is 17.3. The Labute approximate surface area is 137 Å². The topological polar surface area (TPSA) is 27.7 Å². The van der Waals surface area contributed by atoms with Crippen molar-refractivity contribution in [2.45, 2.75) is 64.3 Å². The molecule has 2 rings (SSSR count). The normalized spacial score (nSPS) is 32.5. The van der Waals surface area contributed by atoms with Crippen LogP contribution < -0.4 is 0 Å². The molecule has 0 heterocycles. The SMILES string of the molecule is C=C1C[C@@H]2C[C@H](O[Si](C)(C)C(C)(C)C)C[C@@H]2C1COCOC. The highest BCUT2D eigenvalue weighted by Crippen LogP contribution is 2.52. The molecule has 0 amide bonds. The van der Waals surface area contributed by atoms with Crippen molar-refractivity contribution < 1.29 is 13.9 Å². The lowest BCUT2D eigenvalue weighted by atomic mass is 9.91. The molecule has 2 aliphatic rings. The van der Waals surface area contributed by atoms with Gasteiger partial charge >= 0.3 is 0 Å². The molecule has 2 aliphatic carbocycles. The summed E-state index contributed by atoms with van der Waals surface area (Å²) in [6.07, 6.45) is 3.98. The fourth-order valence-corrected chi connectivity index (χ4v) is 5.19. The highest BCUT2D eigenvalue weighted by Gasteiger charge is 2.48. The molecule has 0 radical (unpaired) electrons. The van der Waals surface area contributed by atoms with Gasteiger partial charge in [0, 0.05) is 19.1 Å². The molecule has 0 aliphatic heterocycles. The van der Waals surface area contributed by atoms with Crippen LogP contribution in [0.15, 0.2) is 12.2 Å². The molecule has 1 unspecified atom stereocenters. The van der Waals surface area contributed by atoms with Crippen LogP contribution in [0.4, 0.5) is 0 Å². The monoisotopic (exact) mass is 326 g/mol. The van der Waals surface area contributed by atoms with Crippen molar-refractivity contribution in [2.75, 3.05) is 20.5 Å². The van der Waals surface area contributed by atoms with Crippen molar-refractivity contribution in [2.24, 2.45) is 17.8 Å². The third-order valence-electron chi connectivity index (χ3n) is 6.04. The molecule has 0 aromatic heterocycles. The molecule has 128 valence electrons. The van der Waals surface area contributed by atoms with Gasteiger partial charge in [0.05, 0.1) is 6.61 Å². The Kier molecular flexibility index (Phi) is 5.58. The van der Waals surface area contributed by atoms with E-state index in [9.17, 15) is 0 Å². The average molecular weight is 327 g/mol. The summed E-state index contributed by atoms with van der Waals surface area (Å²) in [5.41, 5.74) is 1.37. The molecule has 0 bridgehead atoms. The Morgan fingerprint density at radius 2 is 1.91 bits per heavy atom. The van der Waals surface area contributed by atoms with Crippen LogP contribution in [0.25, 0.3) is 0 Å². The van der Waals surface area contributed by atoms with Gasteiger partial charge in [-0.15, -0.1) is 0 Å². The van der Waals surface area contributed by atoms with Gasteiger partial charge < -0.3 is 13.9 Å². The summed E-state index contributed by atoms with van der Waals surface area (Å²) >= 11 is 0. The summed E-state index contributed by atoms with van der Waals surface area (Å²) in [5.74, 6) is 1.94. The van der Waals surface area contributed by atoms with Crippen LogP contribution in [0.5, 0.6) is 0 Å². The summed E-state index contributed by atoms with van der Waals surface area (Å²) in [7, 11) is 0.00990. The summed E-state index contributed by atoms with van der Waals surface area (Å²) in [4.78, 5) is 0. The maximum atomic E-state index is 6.65. The third kappa shape index (κ3) is 3.84. The fourth-order valence-electron chi connectivity index (χ4n) is 3.81. The quantitative estimate of drug-likeness (QED) is 0.309. The van der Waals surface area contributed by atoms with Gasteiger partial charge in [-0.3, -0.25) is 0 Å². The van der Waals surface area contributed by atoms with Gasteiger partial charge in [-0.25, -0.2) is 0 Å². The highest BCUT2D eigenvalue weighted by atomic mass is 28.4. The number of rotatable bonds is 6. The van der Waals surface area contributed by atoms with Crippen LogP contribution in [0.3, 0.4) is 0 Å². The van der Waals surface area contributed by atoms with Gasteiger partial charge in [0.15, 0.2) is 8.32 Å². The molecule has 2 saturated carbocycles. The van der Waals surface area contributed by atoms with E-state index in [0.717, 1.165) is 18.9 Å². The van der Waals surface area contributed by atoms with E-state index in [4.69, 9.17) is 13.9 Å². The molecule has 0 aromatic rings. The van der Waals surface area contributed by atoms with Crippen molar-refractivity contribution in [1.82, 2.24) is 0 Å². The molecule has 0 spiro atoms. The van der Waals surface area contributed by atoms with Gasteiger partial charge in [-0.05, 0) is 49.2 Å². The summed E-state index contributed by atoms with van der Waals surface area (Å²) in [6, 6.07) is 0. The number of hydrogen-bond donors (Lipinski definition) is 0. The number of fused-ring (bicyclic) bond motifs is 1. The maximum Gasteiger partial charge on any atom is 0.192 e. The Morgan fingerprint density at radius 3 is 2.50 bits per heavy atom. The smallest absolute Gasteiger partial charge is 0.192 e. The first kappa shape index (κ1) is 18.2. The lowest BCUT2D eigenvalue weighted by Crippen LogP contribution is -2.43. The van der Waals surface area contributed by atoms with E-state index in [1.807, 2.05) is 0 Å². The molecule has 3 nitrogen and oxygen atoms in total. The highest BCUT2D eigenvalue weighted by molar-refractivity contribution is 6.74. The minimum Gasteiger partial charge on any atom is -0.414 e. The Balaban J connectivity index is 1.93. The van der Waals surface area contributed by atoms with Crippen LogP contribution in [0.1, 0.15) is 40.0 Å². The van der Waals surface area contributed by atoms with Crippen LogP contribution in [0, 0.1) is 17.8 Å². The molecule has 4 heteroatoms. The molecular weight excluding hydrogens is 292 g/mol. The number of methoxy groups -OCH3 is 1. The van der Waals surface area contributed by atoms with E-state index >= 15 is 0 Å². The molecule has 22 heavy (non-hydrogen) atoms. The van der Waals surface area contributed by atoms with E-state index in [1.54, 1.807) is 7.11 Å². The lowest BCUT2D eigenvalue weighted by molar-refractivity contribution is -0.0443. The van der Waals surface area contributed by atoms with Crippen molar-refractivity contribution in [3.63, 3.8) is 0 Å². The maximum absolute atomic E-state index is 6.65. The van der Waals surface area contributed by atoms with Crippen LogP contribution in [-0.4, -0.2) is 34.9 Å². The average Bonchev–Trinajstić information content (AvgIpc) is 2.86. The predicted molar refractivity (Wildman–Crippen MR) is 93.4 cm³/mol. The first-order valence-corrected chi connectivity index (χ1v) is 11.5. The van der Waals surface area contributed by atoms with Crippen LogP contribution >= 0.6 is 0 Å². The zero-order valence-electron chi connectivity index (χ0n) is 15.3. The van der Waals surface area contributed by atoms with Crippen LogP contribution in [-0.2, 0) is 13.9 Å². The van der Waals surface area contributed by atoms with Gasteiger partial charge in [0.25, 0.3) is 0 Å². The zero-order valence-corrected chi connectivity index (χ0v) is 16.3. The van der Waals surface area contributed by atoms with Gasteiger partial charge in [-0.2, -0.15) is 0 Å².